The van der Waals surface area contributed by atoms with Crippen molar-refractivity contribution >= 4 is 5.84 Å². The molecule has 2 heteroatoms. The topological polar surface area (TPSA) is 27.1 Å². The lowest BCUT2D eigenvalue weighted by molar-refractivity contribution is 0.218. The summed E-state index contributed by atoms with van der Waals surface area (Å²) >= 11 is 0. The second-order valence-corrected chi connectivity index (χ2v) is 6.45. The Morgan fingerprint density at radius 2 is 1.50 bits per heavy atom. The normalized spacial score (nSPS) is 21.9. The van der Waals surface area contributed by atoms with Crippen molar-refractivity contribution in [3.63, 3.8) is 0 Å². The molecule has 1 unspecified atom stereocenters. The van der Waals surface area contributed by atoms with Crippen molar-refractivity contribution in [1.29, 1.82) is 5.41 Å². The number of nitrogens with one attached hydrogen (secondary N) is 1. The van der Waals surface area contributed by atoms with Gasteiger partial charge in [0.25, 0.3) is 0 Å². The molecule has 2 aliphatic rings. The van der Waals surface area contributed by atoms with E-state index in [1.807, 2.05) is 0 Å². The average molecular weight is 290 g/mol. The van der Waals surface area contributed by atoms with Gasteiger partial charge in [-0.25, -0.2) is 0 Å². The van der Waals surface area contributed by atoms with Crippen LogP contribution in [0.2, 0.25) is 0 Å². The van der Waals surface area contributed by atoms with Gasteiger partial charge in [0.1, 0.15) is 5.84 Å². The fourth-order valence-corrected chi connectivity index (χ4v) is 4.10. The molecule has 1 heterocycles. The van der Waals surface area contributed by atoms with Gasteiger partial charge in [0.2, 0.25) is 0 Å². The molecule has 1 aliphatic carbocycles. The number of fused-ring (bicyclic) bond motifs is 1. The highest BCUT2D eigenvalue weighted by Crippen LogP contribution is 2.42. The number of benzene rings is 2. The van der Waals surface area contributed by atoms with Gasteiger partial charge in [-0.1, -0.05) is 73.9 Å². The summed E-state index contributed by atoms with van der Waals surface area (Å²) in [6.07, 6.45) is 6.39. The summed E-state index contributed by atoms with van der Waals surface area (Å²) in [5.41, 5.74) is 3.72. The Hall–Kier alpha value is -2.09. The first-order valence-corrected chi connectivity index (χ1v) is 8.37. The zero-order valence-electron chi connectivity index (χ0n) is 12.8. The molecule has 22 heavy (non-hydrogen) atoms. The SMILES string of the molecule is N=C1c2ccccc2C(c2ccccc2)N1C1CCCCC1. The first kappa shape index (κ1) is 13.6. The van der Waals surface area contributed by atoms with Gasteiger partial charge in [-0.05, 0) is 24.0 Å². The molecule has 0 spiro atoms. The molecule has 1 saturated carbocycles. The fourth-order valence-electron chi connectivity index (χ4n) is 4.10. The van der Waals surface area contributed by atoms with E-state index in [-0.39, 0.29) is 6.04 Å². The molecule has 2 nitrogen and oxygen atoms in total. The molecule has 0 saturated heterocycles. The van der Waals surface area contributed by atoms with Crippen LogP contribution in [0.25, 0.3) is 0 Å². The zero-order valence-corrected chi connectivity index (χ0v) is 12.8. The molecule has 112 valence electrons. The number of rotatable bonds is 2. The Balaban J connectivity index is 1.80. The summed E-state index contributed by atoms with van der Waals surface area (Å²) in [4.78, 5) is 2.39. The van der Waals surface area contributed by atoms with Crippen LogP contribution in [-0.2, 0) is 0 Å². The van der Waals surface area contributed by atoms with Crippen LogP contribution in [0.4, 0.5) is 0 Å². The van der Waals surface area contributed by atoms with Crippen LogP contribution < -0.4 is 0 Å². The first-order valence-electron chi connectivity index (χ1n) is 8.37. The summed E-state index contributed by atoms with van der Waals surface area (Å²) in [6.45, 7) is 0. The second-order valence-electron chi connectivity index (χ2n) is 6.45. The molecule has 2 aromatic carbocycles. The van der Waals surface area contributed by atoms with Gasteiger partial charge in [-0.15, -0.1) is 0 Å². The van der Waals surface area contributed by atoms with E-state index in [4.69, 9.17) is 5.41 Å². The Morgan fingerprint density at radius 3 is 2.27 bits per heavy atom. The largest absolute Gasteiger partial charge is 0.342 e. The van der Waals surface area contributed by atoms with Gasteiger partial charge in [0, 0.05) is 11.6 Å². The van der Waals surface area contributed by atoms with Crippen molar-refractivity contribution in [1.82, 2.24) is 4.90 Å². The van der Waals surface area contributed by atoms with Crippen molar-refractivity contribution in [2.45, 2.75) is 44.2 Å². The van der Waals surface area contributed by atoms with Crippen LogP contribution in [0.5, 0.6) is 0 Å². The van der Waals surface area contributed by atoms with Crippen molar-refractivity contribution in [2.75, 3.05) is 0 Å². The van der Waals surface area contributed by atoms with E-state index in [0.29, 0.717) is 6.04 Å². The highest BCUT2D eigenvalue weighted by molar-refractivity contribution is 6.01. The predicted molar refractivity (Wildman–Crippen MR) is 90.3 cm³/mol. The summed E-state index contributed by atoms with van der Waals surface area (Å²) in [6, 6.07) is 19.9. The molecule has 1 N–H and O–H groups in total. The molecule has 2 aromatic rings. The molecule has 0 radical (unpaired) electrons. The van der Waals surface area contributed by atoms with Gasteiger partial charge in [-0.3, -0.25) is 5.41 Å². The second kappa shape index (κ2) is 5.60. The highest BCUT2D eigenvalue weighted by Gasteiger charge is 2.39. The van der Waals surface area contributed by atoms with Crippen LogP contribution in [0.1, 0.15) is 54.8 Å². The van der Waals surface area contributed by atoms with Gasteiger partial charge in [-0.2, -0.15) is 0 Å². The Bertz CT molecular complexity index is 671. The van der Waals surface area contributed by atoms with Crippen molar-refractivity contribution < 1.29 is 0 Å². The molecule has 1 atom stereocenters. The van der Waals surface area contributed by atoms with Gasteiger partial charge in [0.05, 0.1) is 6.04 Å². The maximum Gasteiger partial charge on any atom is 0.129 e. The zero-order chi connectivity index (χ0) is 14.9. The third-order valence-corrected chi connectivity index (χ3v) is 5.13. The van der Waals surface area contributed by atoms with E-state index in [2.05, 4.69) is 59.5 Å². The molecule has 1 aliphatic heterocycles. The maximum atomic E-state index is 8.73. The number of hydrogen-bond acceptors (Lipinski definition) is 1. The van der Waals surface area contributed by atoms with Gasteiger partial charge >= 0.3 is 0 Å². The van der Waals surface area contributed by atoms with E-state index in [9.17, 15) is 0 Å². The summed E-state index contributed by atoms with van der Waals surface area (Å²) in [5, 5.41) is 8.73. The maximum absolute atomic E-state index is 8.73. The monoisotopic (exact) mass is 290 g/mol. The lowest BCUT2D eigenvalue weighted by Crippen LogP contribution is -2.39. The standard InChI is InChI=1S/C20H22N2/c21-20-18-14-8-7-13-17(18)19(15-9-3-1-4-10-15)22(20)16-11-5-2-6-12-16/h1,3-4,7-10,13-14,16,19,21H,2,5-6,11-12H2. The molecular weight excluding hydrogens is 268 g/mol. The molecule has 1 fully saturated rings. The predicted octanol–water partition coefficient (Wildman–Crippen LogP) is 4.75. The van der Waals surface area contributed by atoms with E-state index in [1.54, 1.807) is 0 Å². The lowest BCUT2D eigenvalue weighted by Gasteiger charge is -2.37. The Morgan fingerprint density at radius 1 is 0.818 bits per heavy atom. The smallest absolute Gasteiger partial charge is 0.129 e. The molecule has 0 aromatic heterocycles. The first-order chi connectivity index (χ1) is 10.9. The van der Waals surface area contributed by atoms with Crippen LogP contribution >= 0.6 is 0 Å². The van der Waals surface area contributed by atoms with Crippen molar-refractivity contribution in [3.8, 4) is 0 Å². The lowest BCUT2D eigenvalue weighted by atomic mass is 9.91. The minimum absolute atomic E-state index is 0.216. The quantitative estimate of drug-likeness (QED) is 0.849. The van der Waals surface area contributed by atoms with Crippen molar-refractivity contribution in [3.05, 3.63) is 71.3 Å². The highest BCUT2D eigenvalue weighted by atomic mass is 15.2. The third kappa shape index (κ3) is 2.14. The fraction of sp³-hybridized carbons (Fsp3) is 0.350. The van der Waals surface area contributed by atoms with E-state index < -0.39 is 0 Å². The van der Waals surface area contributed by atoms with Crippen LogP contribution in [0, 0.1) is 5.41 Å². The van der Waals surface area contributed by atoms with E-state index in [0.717, 1.165) is 11.4 Å². The minimum Gasteiger partial charge on any atom is -0.342 e. The minimum atomic E-state index is 0.216. The number of amidine groups is 1. The van der Waals surface area contributed by atoms with Crippen LogP contribution in [-0.4, -0.2) is 16.8 Å². The molecule has 4 rings (SSSR count). The molecule has 0 bridgehead atoms. The van der Waals surface area contributed by atoms with Crippen LogP contribution in [0.15, 0.2) is 54.6 Å². The third-order valence-electron chi connectivity index (χ3n) is 5.13. The summed E-state index contributed by atoms with van der Waals surface area (Å²) in [5.74, 6) is 0.719. The number of nitrogens with zero attached hydrogens (tertiary/aromatic N) is 1. The summed E-state index contributed by atoms with van der Waals surface area (Å²) < 4.78 is 0. The van der Waals surface area contributed by atoms with Gasteiger partial charge < -0.3 is 4.90 Å². The van der Waals surface area contributed by atoms with E-state index in [1.165, 1.54) is 43.2 Å². The number of hydrogen-bond donors (Lipinski definition) is 1. The summed E-state index contributed by atoms with van der Waals surface area (Å²) in [7, 11) is 0. The van der Waals surface area contributed by atoms with E-state index >= 15 is 0 Å². The Labute approximate surface area is 132 Å². The Kier molecular flexibility index (Phi) is 3.45. The van der Waals surface area contributed by atoms with Crippen molar-refractivity contribution in [2.24, 2.45) is 0 Å². The average Bonchev–Trinajstić information content (AvgIpc) is 2.90. The van der Waals surface area contributed by atoms with Gasteiger partial charge in [0.15, 0.2) is 0 Å². The van der Waals surface area contributed by atoms with Crippen LogP contribution in [0.3, 0.4) is 0 Å². The molecule has 0 amide bonds. The molecular formula is C20H22N2.